The molecule has 2 N–H and O–H groups in total. The van der Waals surface area contributed by atoms with Crippen molar-refractivity contribution in [2.24, 2.45) is 17.6 Å². The van der Waals surface area contributed by atoms with Crippen LogP contribution in [0, 0.1) is 17.7 Å². The first kappa shape index (κ1) is 29.0. The molecule has 1 saturated carbocycles. The van der Waals surface area contributed by atoms with Crippen molar-refractivity contribution >= 4 is 17.8 Å². The number of primary amides is 1. The molecular formula is C31H44FN3O5. The fraction of sp³-hybridized carbons (Fsp3) is 0.710. The van der Waals surface area contributed by atoms with Gasteiger partial charge in [0.2, 0.25) is 5.91 Å². The highest BCUT2D eigenvalue weighted by molar-refractivity contribution is 5.92. The van der Waals surface area contributed by atoms with E-state index in [4.69, 9.17) is 15.2 Å². The monoisotopic (exact) mass is 557 g/mol. The third kappa shape index (κ3) is 6.35. The standard InChI is InChI=1S/C31H44FN3O5/c1-31(2,3)40-30(38)35-24-7-6-22(15-24)28(35)27(36)17-23(29(33)37)14-21-5-4-20(16-26(21)32)19-8-11-34(12-9-19)25-10-13-39-18-25/h4-5,16,19,22-25,28H,6-15,17-18H2,1-3H3,(H2,33,37)/t22-,23+,24+,25?,28-/m0/s1. The Labute approximate surface area is 236 Å². The number of nitrogens with two attached hydrogens (primary N) is 1. The molecule has 5 atom stereocenters. The number of nitrogens with zero attached hydrogens (tertiary/aromatic N) is 2. The van der Waals surface area contributed by atoms with E-state index >= 15 is 4.39 Å². The van der Waals surface area contributed by atoms with E-state index in [1.165, 1.54) is 0 Å². The van der Waals surface area contributed by atoms with Gasteiger partial charge in [-0.2, -0.15) is 0 Å². The molecule has 1 aromatic rings. The fourth-order valence-electron chi connectivity index (χ4n) is 7.27. The summed E-state index contributed by atoms with van der Waals surface area (Å²) in [7, 11) is 0. The van der Waals surface area contributed by atoms with Gasteiger partial charge in [0, 0.05) is 31.0 Å². The van der Waals surface area contributed by atoms with E-state index in [-0.39, 0.29) is 36.4 Å². The number of hydrogen-bond donors (Lipinski definition) is 1. The van der Waals surface area contributed by atoms with Gasteiger partial charge in [0.15, 0.2) is 5.78 Å². The first-order valence-electron chi connectivity index (χ1n) is 14.9. The van der Waals surface area contributed by atoms with E-state index < -0.39 is 29.6 Å². The second kappa shape index (κ2) is 11.8. The molecule has 1 aromatic carbocycles. The van der Waals surface area contributed by atoms with Crippen molar-refractivity contribution < 1.29 is 28.2 Å². The van der Waals surface area contributed by atoms with Crippen molar-refractivity contribution in [1.82, 2.24) is 9.80 Å². The van der Waals surface area contributed by atoms with E-state index in [2.05, 4.69) is 4.90 Å². The van der Waals surface area contributed by atoms with E-state index in [0.717, 1.165) is 70.4 Å². The van der Waals surface area contributed by atoms with Gasteiger partial charge in [-0.25, -0.2) is 9.18 Å². The third-order valence-electron chi connectivity index (χ3n) is 9.34. The zero-order valence-electron chi connectivity index (χ0n) is 24.1. The molecule has 0 aromatic heterocycles. The molecule has 2 bridgehead atoms. The molecule has 0 spiro atoms. The second-order valence-corrected chi connectivity index (χ2v) is 13.2. The number of carbonyl (C=O) groups is 3. The van der Waals surface area contributed by atoms with Gasteiger partial charge in [-0.15, -0.1) is 0 Å². The zero-order valence-corrected chi connectivity index (χ0v) is 24.1. The number of rotatable bonds is 8. The average molecular weight is 558 g/mol. The minimum Gasteiger partial charge on any atom is -0.444 e. The maximum atomic E-state index is 15.3. The Kier molecular flexibility index (Phi) is 8.53. The van der Waals surface area contributed by atoms with Crippen molar-refractivity contribution in [3.8, 4) is 0 Å². The first-order valence-corrected chi connectivity index (χ1v) is 14.9. The summed E-state index contributed by atoms with van der Waals surface area (Å²) in [5.41, 5.74) is 6.41. The predicted octanol–water partition coefficient (Wildman–Crippen LogP) is 4.19. The van der Waals surface area contributed by atoms with Gasteiger partial charge in [0.25, 0.3) is 0 Å². The lowest BCUT2D eigenvalue weighted by Gasteiger charge is -2.36. The van der Waals surface area contributed by atoms with Crippen LogP contribution in [0.3, 0.4) is 0 Å². The second-order valence-electron chi connectivity index (χ2n) is 13.2. The maximum absolute atomic E-state index is 15.3. The smallest absolute Gasteiger partial charge is 0.411 e. The normalized spacial score (nSPS) is 28.1. The number of halogens is 1. The number of likely N-dealkylation sites (tertiary alicyclic amines) is 2. The molecule has 3 saturated heterocycles. The number of ketones is 1. The molecule has 4 aliphatic rings. The molecule has 2 amide bonds. The van der Waals surface area contributed by atoms with Gasteiger partial charge in [0.1, 0.15) is 11.4 Å². The third-order valence-corrected chi connectivity index (χ3v) is 9.34. The molecule has 1 unspecified atom stereocenters. The Morgan fingerprint density at radius 3 is 2.48 bits per heavy atom. The van der Waals surface area contributed by atoms with E-state index in [0.29, 0.717) is 17.5 Å². The Bertz CT molecular complexity index is 1110. The number of fused-ring (bicyclic) bond motifs is 2. The zero-order chi connectivity index (χ0) is 28.6. The number of Topliss-reactive ketones (excluding diaryl/α,β-unsaturated/α-hetero) is 1. The lowest BCUT2D eigenvalue weighted by atomic mass is 9.85. The minimum absolute atomic E-state index is 0.0239. The van der Waals surface area contributed by atoms with E-state index in [9.17, 15) is 14.4 Å². The van der Waals surface area contributed by atoms with Crippen LogP contribution in [0.5, 0.6) is 0 Å². The van der Waals surface area contributed by atoms with Gasteiger partial charge in [-0.3, -0.25) is 19.4 Å². The first-order chi connectivity index (χ1) is 19.0. The molecule has 1 aliphatic carbocycles. The quantitative estimate of drug-likeness (QED) is 0.515. The predicted molar refractivity (Wildman–Crippen MR) is 148 cm³/mol. The van der Waals surface area contributed by atoms with Crippen LogP contribution < -0.4 is 5.73 Å². The van der Waals surface area contributed by atoms with Gasteiger partial charge >= 0.3 is 6.09 Å². The van der Waals surface area contributed by atoms with Crippen molar-refractivity contribution in [3.63, 3.8) is 0 Å². The lowest BCUT2D eigenvalue weighted by molar-refractivity contribution is -0.131. The Balaban J connectivity index is 1.22. The van der Waals surface area contributed by atoms with Gasteiger partial charge in [-0.05, 0) is 108 Å². The minimum atomic E-state index is -0.843. The Morgan fingerprint density at radius 1 is 1.10 bits per heavy atom. The van der Waals surface area contributed by atoms with Crippen LogP contribution in [0.25, 0.3) is 0 Å². The molecule has 220 valence electrons. The average Bonchev–Trinajstić information content (AvgIpc) is 3.66. The Morgan fingerprint density at radius 2 is 1.85 bits per heavy atom. The number of hydrogen-bond acceptors (Lipinski definition) is 6. The molecule has 9 heteroatoms. The topological polar surface area (TPSA) is 102 Å². The van der Waals surface area contributed by atoms with Crippen LogP contribution in [0.15, 0.2) is 18.2 Å². The van der Waals surface area contributed by atoms with Crippen LogP contribution >= 0.6 is 0 Å². The van der Waals surface area contributed by atoms with Crippen molar-refractivity contribution in [2.45, 2.75) is 102 Å². The molecule has 0 radical (unpaired) electrons. The fourth-order valence-corrected chi connectivity index (χ4v) is 7.27. The van der Waals surface area contributed by atoms with Crippen LogP contribution in [0.2, 0.25) is 0 Å². The summed E-state index contributed by atoms with van der Waals surface area (Å²) >= 11 is 0. The van der Waals surface area contributed by atoms with Gasteiger partial charge in [-0.1, -0.05) is 12.1 Å². The van der Waals surface area contributed by atoms with E-state index in [1.807, 2.05) is 6.07 Å². The highest BCUT2D eigenvalue weighted by Gasteiger charge is 2.52. The molecule has 4 fully saturated rings. The summed E-state index contributed by atoms with van der Waals surface area (Å²) in [6.07, 6.45) is 4.96. The van der Waals surface area contributed by atoms with Crippen molar-refractivity contribution in [3.05, 3.63) is 35.1 Å². The number of benzene rings is 1. The largest absolute Gasteiger partial charge is 0.444 e. The summed E-state index contributed by atoms with van der Waals surface area (Å²) < 4.78 is 26.4. The van der Waals surface area contributed by atoms with Crippen molar-refractivity contribution in [1.29, 1.82) is 0 Å². The lowest BCUT2D eigenvalue weighted by Crippen LogP contribution is -2.51. The maximum Gasteiger partial charge on any atom is 0.411 e. The van der Waals surface area contributed by atoms with Crippen LogP contribution in [-0.2, 0) is 25.5 Å². The van der Waals surface area contributed by atoms with Crippen LogP contribution in [0.4, 0.5) is 9.18 Å². The summed E-state index contributed by atoms with van der Waals surface area (Å²) in [5.74, 6) is -1.68. The summed E-state index contributed by atoms with van der Waals surface area (Å²) in [6.45, 7) is 9.00. The molecular weight excluding hydrogens is 513 g/mol. The molecule has 8 nitrogen and oxygen atoms in total. The van der Waals surface area contributed by atoms with Crippen LogP contribution in [0.1, 0.15) is 82.8 Å². The molecule has 40 heavy (non-hydrogen) atoms. The van der Waals surface area contributed by atoms with Crippen LogP contribution in [-0.4, -0.2) is 77.6 Å². The molecule has 3 heterocycles. The summed E-state index contributed by atoms with van der Waals surface area (Å²) in [5, 5.41) is 0. The van der Waals surface area contributed by atoms with Gasteiger partial charge < -0.3 is 15.2 Å². The Hall–Kier alpha value is -2.52. The highest BCUT2D eigenvalue weighted by Crippen LogP contribution is 2.44. The highest BCUT2D eigenvalue weighted by atomic mass is 19.1. The molecule has 5 rings (SSSR count). The molecule has 3 aliphatic heterocycles. The SMILES string of the molecule is CC(C)(C)OC(=O)N1[C@@H]2CC[C@@H](C2)[C@H]1C(=O)C[C@@H](Cc1ccc(C2CCN(C3CCOC3)CC2)cc1F)C(N)=O. The van der Waals surface area contributed by atoms with Gasteiger partial charge in [0.05, 0.1) is 12.6 Å². The number of ether oxygens (including phenoxy) is 2. The summed E-state index contributed by atoms with van der Waals surface area (Å²) in [4.78, 5) is 43.0. The number of piperidine rings is 2. The van der Waals surface area contributed by atoms with Crippen molar-refractivity contribution in [2.75, 3.05) is 26.3 Å². The number of carbonyl (C=O) groups excluding carboxylic acids is 3. The van der Waals surface area contributed by atoms with E-state index in [1.54, 1.807) is 37.8 Å². The number of amides is 2. The summed E-state index contributed by atoms with van der Waals surface area (Å²) in [6, 6.07) is 5.15.